The molecule has 24 heavy (non-hydrogen) atoms. The predicted molar refractivity (Wildman–Crippen MR) is 88.0 cm³/mol. The van der Waals surface area contributed by atoms with Gasteiger partial charge in [-0.2, -0.15) is 4.98 Å². The summed E-state index contributed by atoms with van der Waals surface area (Å²) >= 11 is 0. The number of hydrogen-bond donors (Lipinski definition) is 1. The average Bonchev–Trinajstić information content (AvgIpc) is 2.84. The van der Waals surface area contributed by atoms with Crippen LogP contribution in [0.5, 0.6) is 0 Å². The number of aromatic nitrogens is 4. The fourth-order valence-corrected chi connectivity index (χ4v) is 2.14. The Morgan fingerprint density at radius 1 is 1.21 bits per heavy atom. The molecule has 2 rings (SSSR count). The summed E-state index contributed by atoms with van der Waals surface area (Å²) < 4.78 is 11.8. The topological polar surface area (TPSA) is 122 Å². The van der Waals surface area contributed by atoms with Crippen LogP contribution < -0.4 is 5.73 Å². The summed E-state index contributed by atoms with van der Waals surface area (Å²) in [6.07, 6.45) is 1.61. The van der Waals surface area contributed by atoms with Crippen LogP contribution in [0.3, 0.4) is 0 Å². The van der Waals surface area contributed by atoms with E-state index in [0.29, 0.717) is 23.4 Å². The molecular weight excluding hydrogens is 314 g/mol. The van der Waals surface area contributed by atoms with E-state index in [1.54, 1.807) is 17.8 Å². The maximum atomic E-state index is 11.0. The summed E-state index contributed by atoms with van der Waals surface area (Å²) in [5.74, 6) is -0.851. The zero-order valence-corrected chi connectivity index (χ0v) is 13.3. The van der Waals surface area contributed by atoms with E-state index >= 15 is 0 Å². The van der Waals surface area contributed by atoms with Crippen LogP contribution in [-0.2, 0) is 25.6 Å². The van der Waals surface area contributed by atoms with Gasteiger partial charge in [0.1, 0.15) is 5.52 Å². The van der Waals surface area contributed by atoms with E-state index in [0.717, 1.165) is 0 Å². The van der Waals surface area contributed by atoms with Gasteiger partial charge in [-0.3, -0.25) is 9.59 Å². The number of esters is 2. The summed E-state index contributed by atoms with van der Waals surface area (Å²) in [5, 5.41) is 0. The van der Waals surface area contributed by atoms with Crippen molar-refractivity contribution in [1.82, 2.24) is 19.5 Å². The molecule has 132 valence electrons. The molecule has 0 atom stereocenters. The molecule has 0 spiro atoms. The minimum atomic E-state index is -0.393. The Kier molecular flexibility index (Phi) is 6.63. The SMILES string of the molecule is C.CC(=O)OCC(COC(C)=O)Cn1cnc2c(C)nc(N)nc21. The minimum Gasteiger partial charge on any atom is -0.465 e. The van der Waals surface area contributed by atoms with E-state index in [2.05, 4.69) is 15.0 Å². The number of carbonyl (C=O) groups is 2. The number of anilines is 1. The number of carbonyl (C=O) groups excluding carboxylic acids is 2. The van der Waals surface area contributed by atoms with Crippen molar-refractivity contribution in [2.45, 2.75) is 34.7 Å². The van der Waals surface area contributed by atoms with Gasteiger partial charge >= 0.3 is 11.9 Å². The van der Waals surface area contributed by atoms with Gasteiger partial charge in [0, 0.05) is 26.3 Å². The zero-order chi connectivity index (χ0) is 17.0. The molecule has 0 amide bonds. The molecule has 2 aromatic rings. The molecular formula is C15H23N5O4. The second kappa shape index (κ2) is 8.23. The van der Waals surface area contributed by atoms with Gasteiger partial charge in [-0.05, 0) is 6.92 Å². The molecule has 2 heterocycles. The molecule has 0 aliphatic heterocycles. The lowest BCUT2D eigenvalue weighted by Gasteiger charge is -2.17. The number of ether oxygens (including phenoxy) is 2. The van der Waals surface area contributed by atoms with E-state index in [-0.39, 0.29) is 32.5 Å². The van der Waals surface area contributed by atoms with E-state index in [1.165, 1.54) is 13.8 Å². The van der Waals surface area contributed by atoms with Crippen molar-refractivity contribution in [3.8, 4) is 0 Å². The highest BCUT2D eigenvalue weighted by atomic mass is 16.5. The van der Waals surface area contributed by atoms with Gasteiger partial charge in [-0.25, -0.2) is 9.97 Å². The van der Waals surface area contributed by atoms with Crippen molar-refractivity contribution >= 4 is 29.1 Å². The maximum absolute atomic E-state index is 11.0. The zero-order valence-electron chi connectivity index (χ0n) is 13.3. The summed E-state index contributed by atoms with van der Waals surface area (Å²) in [4.78, 5) is 34.5. The smallest absolute Gasteiger partial charge is 0.302 e. The first-order valence-electron chi connectivity index (χ1n) is 7.08. The normalized spacial score (nSPS) is 10.5. The number of fused-ring (bicyclic) bond motifs is 1. The molecule has 0 unspecified atom stereocenters. The van der Waals surface area contributed by atoms with Crippen molar-refractivity contribution in [1.29, 1.82) is 0 Å². The third-order valence-electron chi connectivity index (χ3n) is 3.15. The summed E-state index contributed by atoms with van der Waals surface area (Å²) in [7, 11) is 0. The standard InChI is InChI=1S/C14H19N5O4.CH4/c1-8-12-13(18-14(15)17-8)19(7-16-12)4-11(5-22-9(2)20)6-23-10(3)21;/h7,11H,4-6H2,1-3H3,(H2,15,17,18);1H4. The largest absolute Gasteiger partial charge is 0.465 e. The van der Waals surface area contributed by atoms with Crippen LogP contribution in [0, 0.1) is 12.8 Å². The quantitative estimate of drug-likeness (QED) is 0.777. The number of imidazole rings is 1. The van der Waals surface area contributed by atoms with Gasteiger partial charge in [0.2, 0.25) is 5.95 Å². The van der Waals surface area contributed by atoms with Gasteiger partial charge in [-0.1, -0.05) is 7.43 Å². The molecule has 0 saturated heterocycles. The number of nitrogens with two attached hydrogens (primary N) is 1. The molecule has 2 aromatic heterocycles. The second-order valence-electron chi connectivity index (χ2n) is 5.21. The molecule has 0 aliphatic carbocycles. The molecule has 0 aromatic carbocycles. The maximum Gasteiger partial charge on any atom is 0.302 e. The van der Waals surface area contributed by atoms with Crippen molar-refractivity contribution in [3.63, 3.8) is 0 Å². The lowest BCUT2D eigenvalue weighted by Crippen LogP contribution is -2.24. The molecule has 0 bridgehead atoms. The first-order chi connectivity index (χ1) is 10.9. The second-order valence-corrected chi connectivity index (χ2v) is 5.21. The minimum absolute atomic E-state index is 0. The first-order valence-corrected chi connectivity index (χ1v) is 7.08. The van der Waals surface area contributed by atoms with Crippen molar-refractivity contribution < 1.29 is 19.1 Å². The summed E-state index contributed by atoms with van der Waals surface area (Å²) in [6, 6.07) is 0. The van der Waals surface area contributed by atoms with Gasteiger partial charge in [0.15, 0.2) is 5.65 Å². The molecule has 9 heteroatoms. The third-order valence-corrected chi connectivity index (χ3v) is 3.15. The van der Waals surface area contributed by atoms with Crippen LogP contribution in [0.2, 0.25) is 0 Å². The van der Waals surface area contributed by atoms with Gasteiger partial charge in [0.05, 0.1) is 25.2 Å². The number of nitrogen functional groups attached to an aromatic ring is 1. The molecule has 2 N–H and O–H groups in total. The van der Waals surface area contributed by atoms with Crippen LogP contribution in [0.4, 0.5) is 5.95 Å². The van der Waals surface area contributed by atoms with E-state index < -0.39 is 11.9 Å². The van der Waals surface area contributed by atoms with Gasteiger partial charge < -0.3 is 19.8 Å². The van der Waals surface area contributed by atoms with Crippen LogP contribution in [0.15, 0.2) is 6.33 Å². The van der Waals surface area contributed by atoms with E-state index in [1.807, 2.05) is 0 Å². The summed E-state index contributed by atoms with van der Waals surface area (Å²) in [5.41, 5.74) is 7.60. The first kappa shape index (κ1) is 19.3. The van der Waals surface area contributed by atoms with Crippen LogP contribution >= 0.6 is 0 Å². The molecule has 0 fully saturated rings. The van der Waals surface area contributed by atoms with E-state index in [4.69, 9.17) is 15.2 Å². The summed E-state index contributed by atoms with van der Waals surface area (Å²) in [6.45, 7) is 5.11. The van der Waals surface area contributed by atoms with Crippen LogP contribution in [0.1, 0.15) is 27.0 Å². The molecule has 0 saturated carbocycles. The van der Waals surface area contributed by atoms with Gasteiger partial charge in [0.25, 0.3) is 0 Å². The Morgan fingerprint density at radius 3 is 2.33 bits per heavy atom. The number of rotatable bonds is 6. The van der Waals surface area contributed by atoms with Crippen molar-refractivity contribution in [3.05, 3.63) is 12.0 Å². The lowest BCUT2D eigenvalue weighted by atomic mass is 10.2. The predicted octanol–water partition coefficient (Wildman–Crippen LogP) is 1.10. The van der Waals surface area contributed by atoms with Crippen LogP contribution in [-0.4, -0.2) is 44.7 Å². The Bertz CT molecular complexity index is 710. The Labute approximate surface area is 140 Å². The Hall–Kier alpha value is -2.71. The highest BCUT2D eigenvalue weighted by Crippen LogP contribution is 2.16. The lowest BCUT2D eigenvalue weighted by molar-refractivity contribution is -0.146. The monoisotopic (exact) mass is 337 g/mol. The molecule has 0 aliphatic rings. The fraction of sp³-hybridized carbons (Fsp3) is 0.533. The number of nitrogens with zero attached hydrogens (tertiary/aromatic N) is 4. The van der Waals surface area contributed by atoms with Gasteiger partial charge in [-0.15, -0.1) is 0 Å². The highest BCUT2D eigenvalue weighted by Gasteiger charge is 2.17. The number of aryl methyl sites for hydroxylation is 1. The Balaban J connectivity index is 0.00000288. The number of hydrogen-bond acceptors (Lipinski definition) is 8. The van der Waals surface area contributed by atoms with E-state index in [9.17, 15) is 9.59 Å². The highest BCUT2D eigenvalue weighted by molar-refractivity contribution is 5.74. The molecule has 0 radical (unpaired) electrons. The molecule has 9 nitrogen and oxygen atoms in total. The fourth-order valence-electron chi connectivity index (χ4n) is 2.14. The Morgan fingerprint density at radius 2 is 1.79 bits per heavy atom. The average molecular weight is 337 g/mol. The third kappa shape index (κ3) is 4.90. The van der Waals surface area contributed by atoms with Crippen molar-refractivity contribution in [2.24, 2.45) is 5.92 Å². The van der Waals surface area contributed by atoms with Crippen molar-refractivity contribution in [2.75, 3.05) is 18.9 Å². The van der Waals surface area contributed by atoms with Crippen LogP contribution in [0.25, 0.3) is 11.2 Å².